The lowest BCUT2D eigenvalue weighted by Gasteiger charge is -2.11. The second kappa shape index (κ2) is 11.2. The molecule has 47 heavy (non-hydrogen) atoms. The van der Waals surface area contributed by atoms with Crippen molar-refractivity contribution in [3.8, 4) is 39.9 Å². The lowest BCUT2D eigenvalue weighted by atomic mass is 10.0. The number of rotatable bonds is 5. The molecule has 0 spiro atoms. The molecule has 0 fully saturated rings. The number of nitrogens with zero attached hydrogens (tertiary/aromatic N) is 4. The van der Waals surface area contributed by atoms with Crippen molar-refractivity contribution >= 4 is 59.4 Å². The summed E-state index contributed by atoms with van der Waals surface area (Å²) in [4.78, 5) is 15.3. The van der Waals surface area contributed by atoms with Crippen LogP contribution in [0.3, 0.4) is 0 Å². The highest BCUT2D eigenvalue weighted by atomic mass is 32.1. The molecule has 9 rings (SSSR count). The fraction of sp³-hybridized carbons (Fsp3) is 0.0238. The molecule has 5 heteroatoms. The smallest absolute Gasteiger partial charge is 0.238 e. The molecule has 0 aliphatic rings. The summed E-state index contributed by atoms with van der Waals surface area (Å²) in [5, 5.41) is 4.83. The molecule has 3 aromatic heterocycles. The zero-order chi connectivity index (χ0) is 31.3. The fourth-order valence-electron chi connectivity index (χ4n) is 6.56. The molecule has 0 bridgehead atoms. The second-order valence-electron chi connectivity index (χ2n) is 11.6. The Balaban J connectivity index is 1.39. The molecule has 0 aliphatic heterocycles. The van der Waals surface area contributed by atoms with Crippen molar-refractivity contribution in [3.05, 3.63) is 151 Å². The minimum atomic E-state index is 0.603. The van der Waals surface area contributed by atoms with Crippen molar-refractivity contribution in [1.29, 1.82) is 0 Å². The van der Waals surface area contributed by atoms with Crippen LogP contribution < -0.4 is 0 Å². The molecule has 0 saturated heterocycles. The summed E-state index contributed by atoms with van der Waals surface area (Å²) in [6.07, 6.45) is 4.23. The van der Waals surface area contributed by atoms with E-state index in [1.165, 1.54) is 42.1 Å². The van der Waals surface area contributed by atoms with E-state index in [0.29, 0.717) is 17.6 Å². The van der Waals surface area contributed by atoms with Crippen LogP contribution in [-0.4, -0.2) is 19.5 Å². The van der Waals surface area contributed by atoms with Gasteiger partial charge < -0.3 is 0 Å². The van der Waals surface area contributed by atoms with Gasteiger partial charge in [0.25, 0.3) is 0 Å². The summed E-state index contributed by atoms with van der Waals surface area (Å²) in [5.74, 6) is 1.89. The van der Waals surface area contributed by atoms with Crippen LogP contribution in [0.1, 0.15) is 12.5 Å². The highest BCUT2D eigenvalue weighted by Crippen LogP contribution is 2.44. The van der Waals surface area contributed by atoms with Crippen LogP contribution in [0, 0.1) is 0 Å². The van der Waals surface area contributed by atoms with E-state index in [2.05, 4.69) is 127 Å². The van der Waals surface area contributed by atoms with Gasteiger partial charge in [-0.15, -0.1) is 11.3 Å². The monoisotopic (exact) mass is 620 g/mol. The maximum Gasteiger partial charge on any atom is 0.238 e. The molecule has 4 nitrogen and oxygen atoms in total. The van der Waals surface area contributed by atoms with Gasteiger partial charge in [-0.2, -0.15) is 9.97 Å². The predicted octanol–water partition coefficient (Wildman–Crippen LogP) is 11.4. The Labute approximate surface area is 276 Å². The fourth-order valence-corrected chi connectivity index (χ4v) is 7.78. The first-order valence-electron chi connectivity index (χ1n) is 15.7. The van der Waals surface area contributed by atoms with Crippen LogP contribution in [0.25, 0.3) is 87.9 Å². The first-order chi connectivity index (χ1) is 23.2. The lowest BCUT2D eigenvalue weighted by molar-refractivity contribution is 0.955. The molecule has 0 unspecified atom stereocenters. The molecule has 0 amide bonds. The van der Waals surface area contributed by atoms with Gasteiger partial charge >= 0.3 is 0 Å². The molecule has 6 aromatic carbocycles. The average Bonchev–Trinajstić information content (AvgIpc) is 3.68. The summed E-state index contributed by atoms with van der Waals surface area (Å²) >= 11 is 1.83. The number of fused-ring (bicyclic) bond motifs is 7. The molecule has 0 saturated carbocycles. The van der Waals surface area contributed by atoms with E-state index in [1.807, 2.05) is 47.7 Å². The molecule has 0 radical (unpaired) electrons. The highest BCUT2D eigenvalue weighted by Gasteiger charge is 2.21. The molecule has 0 N–H and O–H groups in total. The van der Waals surface area contributed by atoms with Gasteiger partial charge in [-0.05, 0) is 47.9 Å². The molecular formula is C42H28N4S. The minimum absolute atomic E-state index is 0.603. The predicted molar refractivity (Wildman–Crippen MR) is 198 cm³/mol. The zero-order valence-electron chi connectivity index (χ0n) is 25.6. The Morgan fingerprint density at radius 3 is 1.83 bits per heavy atom. The standard InChI is InChI=1S/C42H28N4S/c1-2-12-27-19-23-36-34(25-27)32-21-22-33-35-26-31(28-13-6-3-7-14-28)20-24-37(35)47-39(33)38(32)46(36)42-44-40(29-15-8-4-9-16-29)43-41(45-42)30-17-10-5-11-18-30/h2-26H,1H3/b12-2+. The summed E-state index contributed by atoms with van der Waals surface area (Å²) < 4.78 is 4.72. The third-order valence-electron chi connectivity index (χ3n) is 8.74. The van der Waals surface area contributed by atoms with Gasteiger partial charge in [-0.3, -0.25) is 4.57 Å². The highest BCUT2D eigenvalue weighted by molar-refractivity contribution is 7.26. The normalized spacial score (nSPS) is 11.9. The number of benzene rings is 6. The topological polar surface area (TPSA) is 43.6 Å². The van der Waals surface area contributed by atoms with Crippen LogP contribution >= 0.6 is 11.3 Å². The molecule has 0 aliphatic carbocycles. The van der Waals surface area contributed by atoms with Crippen LogP contribution in [0.15, 0.2) is 146 Å². The quantitative estimate of drug-likeness (QED) is 0.192. The van der Waals surface area contributed by atoms with Crippen molar-refractivity contribution in [2.45, 2.75) is 6.92 Å². The summed E-state index contributed by atoms with van der Waals surface area (Å²) in [6.45, 7) is 2.05. The Bertz CT molecular complexity index is 2560. The van der Waals surface area contributed by atoms with Crippen molar-refractivity contribution < 1.29 is 0 Å². The summed E-state index contributed by atoms with van der Waals surface area (Å²) in [7, 11) is 0. The Kier molecular flexibility index (Phi) is 6.51. The first kappa shape index (κ1) is 27.4. The molecule has 3 heterocycles. The van der Waals surface area contributed by atoms with Crippen molar-refractivity contribution in [3.63, 3.8) is 0 Å². The number of thiophene rings is 1. The third-order valence-corrected chi connectivity index (χ3v) is 9.94. The molecule has 9 aromatic rings. The van der Waals surface area contributed by atoms with E-state index >= 15 is 0 Å². The van der Waals surface area contributed by atoms with Crippen molar-refractivity contribution in [2.24, 2.45) is 0 Å². The first-order valence-corrected chi connectivity index (χ1v) is 16.6. The van der Waals surface area contributed by atoms with Crippen LogP contribution in [-0.2, 0) is 0 Å². The van der Waals surface area contributed by atoms with E-state index in [-0.39, 0.29) is 0 Å². The van der Waals surface area contributed by atoms with E-state index in [9.17, 15) is 0 Å². The average molecular weight is 621 g/mol. The minimum Gasteiger partial charge on any atom is -0.276 e. The van der Waals surface area contributed by atoms with Gasteiger partial charge in [-0.25, -0.2) is 4.98 Å². The van der Waals surface area contributed by atoms with E-state index in [4.69, 9.17) is 15.0 Å². The molecule has 0 atom stereocenters. The molecule has 222 valence electrons. The maximum absolute atomic E-state index is 5.18. The number of aromatic nitrogens is 4. The maximum atomic E-state index is 5.18. The SMILES string of the molecule is C/C=C/c1ccc2c(c1)c1ccc3c4cc(-c5ccccc5)ccc4sc3c1n2-c1nc(-c2ccccc2)nc(-c2ccccc2)n1. The third kappa shape index (κ3) is 4.63. The molecular weight excluding hydrogens is 593 g/mol. The lowest BCUT2D eigenvalue weighted by Crippen LogP contribution is -2.06. The van der Waals surface area contributed by atoms with Crippen LogP contribution in [0.5, 0.6) is 0 Å². The van der Waals surface area contributed by atoms with Gasteiger partial charge in [0.15, 0.2) is 11.6 Å². The number of allylic oxidation sites excluding steroid dienone is 1. The summed E-state index contributed by atoms with van der Waals surface area (Å²) in [5.41, 5.74) is 7.66. The Hall–Kier alpha value is -5.91. The van der Waals surface area contributed by atoms with E-state index < -0.39 is 0 Å². The van der Waals surface area contributed by atoms with E-state index in [0.717, 1.165) is 27.7 Å². The van der Waals surface area contributed by atoms with Crippen molar-refractivity contribution in [2.75, 3.05) is 0 Å². The van der Waals surface area contributed by atoms with Crippen LogP contribution in [0.2, 0.25) is 0 Å². The van der Waals surface area contributed by atoms with Gasteiger partial charge in [0, 0.05) is 37.4 Å². The van der Waals surface area contributed by atoms with Crippen molar-refractivity contribution in [1.82, 2.24) is 19.5 Å². The number of hydrogen-bond acceptors (Lipinski definition) is 4. The largest absolute Gasteiger partial charge is 0.276 e. The summed E-state index contributed by atoms with van der Waals surface area (Å²) in [6, 6.07) is 48.9. The second-order valence-corrected chi connectivity index (χ2v) is 12.7. The Morgan fingerprint density at radius 1 is 0.532 bits per heavy atom. The van der Waals surface area contributed by atoms with Crippen LogP contribution in [0.4, 0.5) is 0 Å². The van der Waals surface area contributed by atoms with Gasteiger partial charge in [0.2, 0.25) is 5.95 Å². The zero-order valence-corrected chi connectivity index (χ0v) is 26.4. The van der Waals surface area contributed by atoms with Gasteiger partial charge in [-0.1, -0.05) is 127 Å². The van der Waals surface area contributed by atoms with Gasteiger partial charge in [0.1, 0.15) is 0 Å². The van der Waals surface area contributed by atoms with Gasteiger partial charge in [0.05, 0.1) is 15.7 Å². The van der Waals surface area contributed by atoms with E-state index in [1.54, 1.807) is 0 Å². The Morgan fingerprint density at radius 2 is 1.17 bits per heavy atom. The number of hydrogen-bond donors (Lipinski definition) is 0.